The maximum Gasteiger partial charge on any atom is 0.169 e. The maximum atomic E-state index is 5.81. The molecule has 1 aliphatic heterocycles. The second kappa shape index (κ2) is 5.06. The summed E-state index contributed by atoms with van der Waals surface area (Å²) in [6.07, 6.45) is 4.13. The minimum Gasteiger partial charge on any atom is -0.497 e. The number of H-pyrrole nitrogens is 1. The number of ether oxygens (including phenoxy) is 3. The second-order valence-corrected chi connectivity index (χ2v) is 4.14. The Hall–Kier alpha value is -2.43. The van der Waals surface area contributed by atoms with E-state index in [4.69, 9.17) is 14.2 Å². The lowest BCUT2D eigenvalue weighted by molar-refractivity contribution is 0.281. The van der Waals surface area contributed by atoms with Gasteiger partial charge in [0.15, 0.2) is 11.5 Å². The highest BCUT2D eigenvalue weighted by Crippen LogP contribution is 2.33. The van der Waals surface area contributed by atoms with E-state index < -0.39 is 0 Å². The molecule has 2 heterocycles. The Kier molecular flexibility index (Phi) is 3.10. The molecule has 0 atom stereocenters. The van der Waals surface area contributed by atoms with Crippen LogP contribution >= 0.6 is 0 Å². The van der Waals surface area contributed by atoms with Gasteiger partial charge in [0, 0.05) is 18.2 Å². The highest BCUT2D eigenvalue weighted by molar-refractivity contribution is 5.63. The topological polar surface area (TPSA) is 56.4 Å². The lowest BCUT2D eigenvalue weighted by Crippen LogP contribution is -1.96. The summed E-state index contributed by atoms with van der Waals surface area (Å²) in [7, 11) is 1.62. The number of benzene rings is 1. The molecule has 1 N–H and O–H groups in total. The summed E-state index contributed by atoms with van der Waals surface area (Å²) < 4.78 is 16.3. The maximum absolute atomic E-state index is 5.81. The van der Waals surface area contributed by atoms with Crippen LogP contribution < -0.4 is 9.47 Å². The molecule has 0 aliphatic carbocycles. The summed E-state index contributed by atoms with van der Waals surface area (Å²) in [6, 6.07) is 7.66. The van der Waals surface area contributed by atoms with Crippen LogP contribution in [0, 0.1) is 0 Å². The van der Waals surface area contributed by atoms with E-state index in [-0.39, 0.29) is 0 Å². The number of nitrogens with zero attached hydrogens (tertiary/aromatic N) is 1. The van der Waals surface area contributed by atoms with E-state index in [0.717, 1.165) is 23.4 Å². The van der Waals surface area contributed by atoms with Crippen LogP contribution in [0.1, 0.15) is 6.42 Å². The summed E-state index contributed by atoms with van der Waals surface area (Å²) in [5.74, 6) is 2.17. The zero-order valence-corrected chi connectivity index (χ0v) is 10.6. The molecule has 1 aromatic carbocycles. The van der Waals surface area contributed by atoms with Gasteiger partial charge in [-0.05, 0) is 24.3 Å². The number of aromatic amines is 1. The van der Waals surface area contributed by atoms with Gasteiger partial charge in [-0.2, -0.15) is 5.10 Å². The minimum absolute atomic E-state index is 0.665. The van der Waals surface area contributed by atoms with Gasteiger partial charge >= 0.3 is 0 Å². The fraction of sp³-hybridized carbons (Fsp3) is 0.214. The first-order chi connectivity index (χ1) is 9.36. The molecule has 2 aromatic rings. The predicted octanol–water partition coefficient (Wildman–Crippen LogP) is 2.73. The first-order valence-electron chi connectivity index (χ1n) is 6.03. The highest BCUT2D eigenvalue weighted by Gasteiger charge is 2.13. The smallest absolute Gasteiger partial charge is 0.169 e. The van der Waals surface area contributed by atoms with Gasteiger partial charge in [-0.25, -0.2) is 0 Å². The number of methoxy groups -OCH3 is 1. The quantitative estimate of drug-likeness (QED) is 0.916. The van der Waals surface area contributed by atoms with Crippen LogP contribution in [0.15, 0.2) is 42.5 Å². The summed E-state index contributed by atoms with van der Waals surface area (Å²) >= 11 is 0. The minimum atomic E-state index is 0.665. The first kappa shape index (κ1) is 11.6. The van der Waals surface area contributed by atoms with Crippen molar-refractivity contribution in [3.63, 3.8) is 0 Å². The molecule has 0 unspecified atom stereocenters. The van der Waals surface area contributed by atoms with Crippen LogP contribution in [0.3, 0.4) is 0 Å². The fourth-order valence-corrected chi connectivity index (χ4v) is 1.93. The van der Waals surface area contributed by atoms with Crippen LogP contribution in [-0.2, 0) is 4.74 Å². The van der Waals surface area contributed by atoms with Crippen LogP contribution in [0.5, 0.6) is 11.5 Å². The molecule has 0 fully saturated rings. The van der Waals surface area contributed by atoms with Gasteiger partial charge in [0.25, 0.3) is 0 Å². The summed E-state index contributed by atoms with van der Waals surface area (Å²) in [6.45, 7) is 0.665. The summed E-state index contributed by atoms with van der Waals surface area (Å²) in [4.78, 5) is 0. The molecule has 3 rings (SSSR count). The van der Waals surface area contributed by atoms with E-state index in [1.54, 1.807) is 19.6 Å². The monoisotopic (exact) mass is 258 g/mol. The van der Waals surface area contributed by atoms with Gasteiger partial charge in [-0.1, -0.05) is 0 Å². The molecular formula is C14H14N2O3. The van der Waals surface area contributed by atoms with Crippen LogP contribution in [0.25, 0.3) is 11.3 Å². The number of rotatable bonds is 4. The number of nitrogens with one attached hydrogen (secondary N) is 1. The Morgan fingerprint density at radius 1 is 1.26 bits per heavy atom. The van der Waals surface area contributed by atoms with Gasteiger partial charge < -0.3 is 14.2 Å². The van der Waals surface area contributed by atoms with Crippen molar-refractivity contribution in [2.24, 2.45) is 0 Å². The van der Waals surface area contributed by atoms with E-state index in [9.17, 15) is 0 Å². The molecule has 0 bridgehead atoms. The molecule has 0 saturated heterocycles. The molecule has 1 aliphatic rings. The zero-order chi connectivity index (χ0) is 13.1. The van der Waals surface area contributed by atoms with Gasteiger partial charge in [0.1, 0.15) is 12.0 Å². The van der Waals surface area contributed by atoms with Crippen molar-refractivity contribution in [3.05, 3.63) is 42.5 Å². The highest BCUT2D eigenvalue weighted by atomic mass is 16.5. The van der Waals surface area contributed by atoms with Gasteiger partial charge in [0.05, 0.1) is 19.4 Å². The number of aromatic nitrogens is 2. The Bertz CT molecular complexity index is 591. The molecular weight excluding hydrogens is 244 g/mol. The van der Waals surface area contributed by atoms with Crippen LogP contribution in [0.2, 0.25) is 0 Å². The molecule has 0 amide bonds. The normalized spacial score (nSPS) is 13.8. The molecule has 0 radical (unpaired) electrons. The Morgan fingerprint density at radius 3 is 2.89 bits per heavy atom. The van der Waals surface area contributed by atoms with E-state index in [2.05, 4.69) is 10.2 Å². The Labute approximate surface area is 110 Å². The van der Waals surface area contributed by atoms with Gasteiger partial charge in [0.2, 0.25) is 0 Å². The Morgan fingerprint density at radius 2 is 2.21 bits per heavy atom. The molecule has 0 spiro atoms. The van der Waals surface area contributed by atoms with Gasteiger partial charge in [-0.15, -0.1) is 0 Å². The third kappa shape index (κ3) is 2.40. The lowest BCUT2D eigenvalue weighted by Gasteiger charge is -2.11. The van der Waals surface area contributed by atoms with Crippen molar-refractivity contribution >= 4 is 0 Å². The number of hydrogen-bond donors (Lipinski definition) is 1. The molecule has 5 heteroatoms. The van der Waals surface area contributed by atoms with Crippen molar-refractivity contribution in [3.8, 4) is 22.8 Å². The fourth-order valence-electron chi connectivity index (χ4n) is 1.93. The van der Waals surface area contributed by atoms with Crippen molar-refractivity contribution in [1.82, 2.24) is 10.2 Å². The first-order valence-corrected chi connectivity index (χ1v) is 6.03. The van der Waals surface area contributed by atoms with Crippen molar-refractivity contribution < 1.29 is 14.2 Å². The van der Waals surface area contributed by atoms with Crippen LogP contribution in [0.4, 0.5) is 0 Å². The van der Waals surface area contributed by atoms with Crippen molar-refractivity contribution in [1.29, 1.82) is 0 Å². The second-order valence-electron chi connectivity index (χ2n) is 4.14. The van der Waals surface area contributed by atoms with Crippen molar-refractivity contribution in [2.75, 3.05) is 13.7 Å². The van der Waals surface area contributed by atoms with Gasteiger partial charge in [-0.3, -0.25) is 5.10 Å². The van der Waals surface area contributed by atoms with Crippen molar-refractivity contribution in [2.45, 2.75) is 6.42 Å². The van der Waals surface area contributed by atoms with E-state index in [1.807, 2.05) is 24.3 Å². The van der Waals surface area contributed by atoms with E-state index >= 15 is 0 Å². The average Bonchev–Trinajstić information content (AvgIpc) is 3.11. The van der Waals surface area contributed by atoms with E-state index in [1.165, 1.54) is 0 Å². The predicted molar refractivity (Wildman–Crippen MR) is 69.9 cm³/mol. The summed E-state index contributed by atoms with van der Waals surface area (Å²) in [5.41, 5.74) is 1.93. The third-order valence-corrected chi connectivity index (χ3v) is 2.90. The molecule has 19 heavy (non-hydrogen) atoms. The van der Waals surface area contributed by atoms with E-state index in [0.29, 0.717) is 18.1 Å². The number of hydrogen-bond acceptors (Lipinski definition) is 4. The largest absolute Gasteiger partial charge is 0.497 e. The molecule has 5 nitrogen and oxygen atoms in total. The SMILES string of the molecule is COc1ccc(-c2ccn[nH]2)cc1OC1=COCC1. The third-order valence-electron chi connectivity index (χ3n) is 2.90. The standard InChI is InChI=1S/C14H14N2O3/c1-17-13-3-2-10(12-4-6-15-16-12)8-14(13)19-11-5-7-18-9-11/h2-4,6,8-9H,5,7H2,1H3,(H,15,16). The lowest BCUT2D eigenvalue weighted by atomic mass is 10.1. The van der Waals surface area contributed by atoms with Crippen LogP contribution in [-0.4, -0.2) is 23.9 Å². The molecule has 0 saturated carbocycles. The molecule has 1 aromatic heterocycles. The summed E-state index contributed by atoms with van der Waals surface area (Å²) in [5, 5.41) is 6.87. The molecule has 98 valence electrons. The zero-order valence-electron chi connectivity index (χ0n) is 10.6. The Balaban J connectivity index is 1.93. The average molecular weight is 258 g/mol.